The number of carbonyl (C=O) groups excluding carboxylic acids is 2. The highest BCUT2D eigenvalue weighted by Gasteiger charge is 2.15. The number of hydrogen-bond donors (Lipinski definition) is 2. The molecule has 0 saturated heterocycles. The van der Waals surface area contributed by atoms with E-state index in [4.69, 9.17) is 9.47 Å². The summed E-state index contributed by atoms with van der Waals surface area (Å²) in [6.45, 7) is 7.37. The maximum Gasteiger partial charge on any atom is 0.407 e. The largest absolute Gasteiger partial charge is 0.469 e. The minimum absolute atomic E-state index is 0.193. The van der Waals surface area contributed by atoms with E-state index in [2.05, 4.69) is 15.4 Å². The molecular formula is C16H32N2O5. The summed E-state index contributed by atoms with van der Waals surface area (Å²) in [5.41, 5.74) is -0.482. The normalized spacial score (nSPS) is 12.6. The second-order valence-corrected chi connectivity index (χ2v) is 6.36. The average Bonchev–Trinajstić information content (AvgIpc) is 2.45. The summed E-state index contributed by atoms with van der Waals surface area (Å²) in [6, 6.07) is 0.193. The number of methoxy groups -OCH3 is 2. The summed E-state index contributed by atoms with van der Waals surface area (Å²) in [7, 11) is 3.04. The molecule has 23 heavy (non-hydrogen) atoms. The molecule has 1 unspecified atom stereocenters. The van der Waals surface area contributed by atoms with Crippen LogP contribution < -0.4 is 10.6 Å². The SMILES string of the molecule is COCC(CCCNC(=O)OC(C)(C)C)NCCCC(=O)OC. The van der Waals surface area contributed by atoms with Crippen molar-refractivity contribution >= 4 is 12.1 Å². The molecule has 0 radical (unpaired) electrons. The van der Waals surface area contributed by atoms with E-state index in [-0.39, 0.29) is 12.0 Å². The van der Waals surface area contributed by atoms with Crippen LogP contribution in [0.3, 0.4) is 0 Å². The van der Waals surface area contributed by atoms with Crippen molar-refractivity contribution in [1.82, 2.24) is 10.6 Å². The molecular weight excluding hydrogens is 300 g/mol. The number of amides is 1. The van der Waals surface area contributed by atoms with Crippen molar-refractivity contribution < 1.29 is 23.8 Å². The highest BCUT2D eigenvalue weighted by Crippen LogP contribution is 2.06. The number of carbonyl (C=O) groups is 2. The topological polar surface area (TPSA) is 85.9 Å². The summed E-state index contributed by atoms with van der Waals surface area (Å²) in [5.74, 6) is -0.198. The molecule has 0 bridgehead atoms. The lowest BCUT2D eigenvalue weighted by Crippen LogP contribution is -2.36. The minimum Gasteiger partial charge on any atom is -0.469 e. The van der Waals surface area contributed by atoms with Gasteiger partial charge in [0.05, 0.1) is 13.7 Å². The van der Waals surface area contributed by atoms with Crippen LogP contribution >= 0.6 is 0 Å². The van der Waals surface area contributed by atoms with Crippen LogP contribution in [0, 0.1) is 0 Å². The van der Waals surface area contributed by atoms with Gasteiger partial charge in [0.15, 0.2) is 0 Å². The van der Waals surface area contributed by atoms with Gasteiger partial charge in [-0.05, 0) is 46.6 Å². The lowest BCUT2D eigenvalue weighted by atomic mass is 10.1. The van der Waals surface area contributed by atoms with Gasteiger partial charge < -0.3 is 24.8 Å². The summed E-state index contributed by atoms with van der Waals surface area (Å²) in [6.07, 6.45) is 2.41. The molecule has 0 aliphatic carbocycles. The van der Waals surface area contributed by atoms with Crippen LogP contribution in [0.2, 0.25) is 0 Å². The molecule has 0 saturated carbocycles. The molecule has 0 aliphatic heterocycles. The molecule has 0 heterocycles. The van der Waals surface area contributed by atoms with Gasteiger partial charge in [0.1, 0.15) is 5.60 Å². The summed E-state index contributed by atoms with van der Waals surface area (Å²) >= 11 is 0. The van der Waals surface area contributed by atoms with Crippen molar-refractivity contribution in [3.63, 3.8) is 0 Å². The Balaban J connectivity index is 3.83. The number of ether oxygens (including phenoxy) is 3. The Labute approximate surface area is 139 Å². The Kier molecular flexibility index (Phi) is 11.4. The number of hydrogen-bond acceptors (Lipinski definition) is 6. The van der Waals surface area contributed by atoms with Crippen LogP contribution in [-0.4, -0.2) is 57.6 Å². The van der Waals surface area contributed by atoms with E-state index in [0.717, 1.165) is 25.8 Å². The monoisotopic (exact) mass is 332 g/mol. The maximum absolute atomic E-state index is 11.5. The fourth-order valence-electron chi connectivity index (χ4n) is 1.94. The molecule has 2 N–H and O–H groups in total. The predicted molar refractivity (Wildman–Crippen MR) is 88.4 cm³/mol. The van der Waals surface area contributed by atoms with Gasteiger partial charge in [-0.3, -0.25) is 4.79 Å². The summed E-state index contributed by atoms with van der Waals surface area (Å²) in [4.78, 5) is 22.5. The van der Waals surface area contributed by atoms with Gasteiger partial charge >= 0.3 is 12.1 Å². The van der Waals surface area contributed by atoms with E-state index in [0.29, 0.717) is 19.6 Å². The Bertz CT molecular complexity index is 342. The first kappa shape index (κ1) is 21.7. The molecule has 0 aromatic heterocycles. The minimum atomic E-state index is -0.482. The lowest BCUT2D eigenvalue weighted by Gasteiger charge is -2.20. The van der Waals surface area contributed by atoms with E-state index >= 15 is 0 Å². The van der Waals surface area contributed by atoms with Crippen molar-refractivity contribution in [3.8, 4) is 0 Å². The third kappa shape index (κ3) is 14.0. The third-order valence-corrected chi connectivity index (χ3v) is 2.98. The van der Waals surface area contributed by atoms with Gasteiger partial charge in [-0.1, -0.05) is 0 Å². The summed E-state index contributed by atoms with van der Waals surface area (Å²) in [5, 5.41) is 6.09. The van der Waals surface area contributed by atoms with Gasteiger partial charge in [0, 0.05) is 26.1 Å². The average molecular weight is 332 g/mol. The highest BCUT2D eigenvalue weighted by atomic mass is 16.6. The van der Waals surface area contributed by atoms with E-state index in [9.17, 15) is 9.59 Å². The van der Waals surface area contributed by atoms with Crippen LogP contribution in [0.1, 0.15) is 46.5 Å². The highest BCUT2D eigenvalue weighted by molar-refractivity contribution is 5.69. The molecule has 0 aromatic rings. The lowest BCUT2D eigenvalue weighted by molar-refractivity contribution is -0.140. The van der Waals surface area contributed by atoms with Gasteiger partial charge in [-0.2, -0.15) is 0 Å². The standard InChI is InChI=1S/C16H32N2O5/c1-16(2,3)23-15(20)18-11-6-8-13(12-21-4)17-10-7-9-14(19)22-5/h13,17H,6-12H2,1-5H3,(H,18,20). The fraction of sp³-hybridized carbons (Fsp3) is 0.875. The molecule has 7 nitrogen and oxygen atoms in total. The van der Waals surface area contributed by atoms with Gasteiger partial charge in [-0.15, -0.1) is 0 Å². The second-order valence-electron chi connectivity index (χ2n) is 6.36. The zero-order chi connectivity index (χ0) is 17.7. The fourth-order valence-corrected chi connectivity index (χ4v) is 1.94. The molecule has 136 valence electrons. The van der Waals surface area contributed by atoms with Crippen LogP contribution in [-0.2, 0) is 19.0 Å². The zero-order valence-electron chi connectivity index (χ0n) is 15.1. The molecule has 1 amide bonds. The van der Waals surface area contributed by atoms with Crippen molar-refractivity contribution in [3.05, 3.63) is 0 Å². The predicted octanol–water partition coefficient (Wildman–Crippen LogP) is 1.85. The van der Waals surface area contributed by atoms with Crippen molar-refractivity contribution in [2.75, 3.05) is 33.9 Å². The molecule has 0 spiro atoms. The van der Waals surface area contributed by atoms with Crippen molar-refractivity contribution in [2.24, 2.45) is 0 Å². The van der Waals surface area contributed by atoms with E-state index in [1.807, 2.05) is 20.8 Å². The van der Waals surface area contributed by atoms with E-state index in [1.165, 1.54) is 7.11 Å². The van der Waals surface area contributed by atoms with Gasteiger partial charge in [0.25, 0.3) is 0 Å². The molecule has 0 fully saturated rings. The molecule has 0 rings (SSSR count). The van der Waals surface area contributed by atoms with Crippen molar-refractivity contribution in [2.45, 2.75) is 58.1 Å². The number of esters is 1. The molecule has 7 heteroatoms. The molecule has 0 aliphatic rings. The van der Waals surface area contributed by atoms with Crippen LogP contribution in [0.5, 0.6) is 0 Å². The molecule has 1 atom stereocenters. The van der Waals surface area contributed by atoms with E-state index < -0.39 is 11.7 Å². The Morgan fingerprint density at radius 2 is 1.78 bits per heavy atom. The Morgan fingerprint density at radius 3 is 2.35 bits per heavy atom. The van der Waals surface area contributed by atoms with Crippen LogP contribution in [0.4, 0.5) is 4.79 Å². The van der Waals surface area contributed by atoms with E-state index in [1.54, 1.807) is 7.11 Å². The maximum atomic E-state index is 11.5. The van der Waals surface area contributed by atoms with Crippen LogP contribution in [0.15, 0.2) is 0 Å². The number of rotatable bonds is 11. The number of nitrogens with one attached hydrogen (secondary N) is 2. The van der Waals surface area contributed by atoms with Gasteiger partial charge in [0.2, 0.25) is 0 Å². The smallest absolute Gasteiger partial charge is 0.407 e. The zero-order valence-corrected chi connectivity index (χ0v) is 15.1. The van der Waals surface area contributed by atoms with Gasteiger partial charge in [-0.25, -0.2) is 4.79 Å². The first-order valence-corrected chi connectivity index (χ1v) is 8.04. The molecule has 0 aromatic carbocycles. The Morgan fingerprint density at radius 1 is 1.09 bits per heavy atom. The van der Waals surface area contributed by atoms with Crippen LogP contribution in [0.25, 0.3) is 0 Å². The third-order valence-electron chi connectivity index (χ3n) is 2.98. The number of alkyl carbamates (subject to hydrolysis) is 1. The first-order valence-electron chi connectivity index (χ1n) is 8.04. The van der Waals surface area contributed by atoms with Crippen molar-refractivity contribution in [1.29, 1.82) is 0 Å². The first-order chi connectivity index (χ1) is 10.8. The summed E-state index contributed by atoms with van der Waals surface area (Å²) < 4.78 is 14.9. The Hall–Kier alpha value is -1.34. The second kappa shape index (κ2) is 12.1. The quantitative estimate of drug-likeness (QED) is 0.444.